The highest BCUT2D eigenvalue weighted by molar-refractivity contribution is 5.86. The summed E-state index contributed by atoms with van der Waals surface area (Å²) in [7, 11) is 0. The number of benzene rings is 1. The summed E-state index contributed by atoms with van der Waals surface area (Å²) in [6, 6.07) is 7.23. The van der Waals surface area contributed by atoms with Gasteiger partial charge in [0.15, 0.2) is 0 Å². The van der Waals surface area contributed by atoms with E-state index in [0.29, 0.717) is 24.5 Å². The summed E-state index contributed by atoms with van der Waals surface area (Å²) < 4.78 is 10.3. The van der Waals surface area contributed by atoms with E-state index < -0.39 is 0 Å². The topological polar surface area (TPSA) is 78.6 Å². The smallest absolute Gasteiger partial charge is 0.333 e. The number of nitrogen functional groups attached to an aromatic ring is 1. The fourth-order valence-electron chi connectivity index (χ4n) is 2.24. The van der Waals surface area contributed by atoms with Gasteiger partial charge in [0.25, 0.3) is 0 Å². The van der Waals surface area contributed by atoms with E-state index in [0.717, 1.165) is 44.1 Å². The lowest BCUT2D eigenvalue weighted by atomic mass is 10.1. The third-order valence-electron chi connectivity index (χ3n) is 3.71. The minimum Gasteiger partial charge on any atom is -0.465 e. The highest BCUT2D eigenvalue weighted by Crippen LogP contribution is 2.08. The quantitative estimate of drug-likeness (QED) is 0.269. The van der Waals surface area contributed by atoms with Crippen LogP contribution in [0.25, 0.3) is 0 Å². The number of hydrogen-bond donors (Lipinski definition) is 1. The van der Waals surface area contributed by atoms with Gasteiger partial charge in [0, 0.05) is 11.3 Å². The van der Waals surface area contributed by atoms with Crippen molar-refractivity contribution in [3.63, 3.8) is 0 Å². The second-order valence-corrected chi connectivity index (χ2v) is 6.18. The van der Waals surface area contributed by atoms with Crippen molar-refractivity contribution in [1.29, 1.82) is 0 Å². The minimum absolute atomic E-state index is 0.205. The number of unbranched alkanes of at least 4 members (excludes halogenated alkanes) is 5. The van der Waals surface area contributed by atoms with Crippen LogP contribution in [0.5, 0.6) is 0 Å². The number of rotatable bonds is 12. The Labute approximate surface area is 150 Å². The predicted octanol–water partition coefficient (Wildman–Crippen LogP) is 3.81. The molecule has 0 aliphatic carbocycles. The molecule has 0 amide bonds. The van der Waals surface area contributed by atoms with Gasteiger partial charge in [-0.15, -0.1) is 0 Å². The molecule has 0 aliphatic rings. The van der Waals surface area contributed by atoms with E-state index in [1.165, 1.54) is 0 Å². The molecule has 0 unspecified atom stereocenters. The van der Waals surface area contributed by atoms with Crippen molar-refractivity contribution < 1.29 is 19.1 Å². The Hall–Kier alpha value is -2.30. The monoisotopic (exact) mass is 347 g/mol. The highest BCUT2D eigenvalue weighted by atomic mass is 16.5. The molecule has 25 heavy (non-hydrogen) atoms. The summed E-state index contributed by atoms with van der Waals surface area (Å²) in [4.78, 5) is 22.9. The van der Waals surface area contributed by atoms with Gasteiger partial charge in [0.05, 0.1) is 19.6 Å². The van der Waals surface area contributed by atoms with Gasteiger partial charge >= 0.3 is 11.9 Å². The molecule has 2 N–H and O–H groups in total. The van der Waals surface area contributed by atoms with Crippen LogP contribution in [0.4, 0.5) is 5.69 Å². The standard InChI is InChI=1S/C20H29NO4/c1-16(2)20(23)25-14-8-6-4-3-5-7-13-24-19(22)15-17-9-11-18(21)12-10-17/h9-12H,1,3-8,13-15,21H2,2H3. The van der Waals surface area contributed by atoms with Crippen molar-refractivity contribution in [2.24, 2.45) is 0 Å². The van der Waals surface area contributed by atoms with Crippen molar-refractivity contribution in [3.05, 3.63) is 42.0 Å². The third-order valence-corrected chi connectivity index (χ3v) is 3.71. The Balaban J connectivity index is 1.93. The molecule has 138 valence electrons. The van der Waals surface area contributed by atoms with Gasteiger partial charge in [0.2, 0.25) is 0 Å². The zero-order valence-corrected chi connectivity index (χ0v) is 15.1. The summed E-state index contributed by atoms with van der Waals surface area (Å²) in [5.74, 6) is -0.523. The van der Waals surface area contributed by atoms with Crippen LogP contribution in [0, 0.1) is 0 Å². The van der Waals surface area contributed by atoms with Gasteiger partial charge in [-0.3, -0.25) is 4.79 Å². The maximum Gasteiger partial charge on any atom is 0.333 e. The van der Waals surface area contributed by atoms with Crippen molar-refractivity contribution in [1.82, 2.24) is 0 Å². The molecule has 5 nitrogen and oxygen atoms in total. The van der Waals surface area contributed by atoms with Gasteiger partial charge in [-0.2, -0.15) is 0 Å². The van der Waals surface area contributed by atoms with E-state index in [-0.39, 0.29) is 18.4 Å². The van der Waals surface area contributed by atoms with Crippen LogP contribution in [0.2, 0.25) is 0 Å². The van der Waals surface area contributed by atoms with E-state index >= 15 is 0 Å². The number of anilines is 1. The molecule has 0 saturated heterocycles. The number of nitrogens with two attached hydrogens (primary N) is 1. The number of carbonyl (C=O) groups is 2. The van der Waals surface area contributed by atoms with Crippen LogP contribution in [0.1, 0.15) is 51.0 Å². The Kier molecular flexibility index (Phi) is 10.1. The molecule has 0 radical (unpaired) electrons. The lowest BCUT2D eigenvalue weighted by Gasteiger charge is -2.06. The van der Waals surface area contributed by atoms with Gasteiger partial charge in [0.1, 0.15) is 0 Å². The lowest BCUT2D eigenvalue weighted by molar-refractivity contribution is -0.143. The molecule has 0 aromatic heterocycles. The molecule has 1 aromatic rings. The van der Waals surface area contributed by atoms with E-state index in [2.05, 4.69) is 6.58 Å². The molecule has 1 aromatic carbocycles. The third kappa shape index (κ3) is 10.2. The lowest BCUT2D eigenvalue weighted by Crippen LogP contribution is -2.09. The molecule has 0 spiro atoms. The first-order valence-electron chi connectivity index (χ1n) is 8.81. The van der Waals surface area contributed by atoms with Crippen molar-refractivity contribution in [3.8, 4) is 0 Å². The van der Waals surface area contributed by atoms with Crippen LogP contribution < -0.4 is 5.73 Å². The van der Waals surface area contributed by atoms with E-state index in [9.17, 15) is 9.59 Å². The van der Waals surface area contributed by atoms with Crippen molar-refractivity contribution in [2.45, 2.75) is 51.9 Å². The number of hydrogen-bond acceptors (Lipinski definition) is 5. The molecule has 0 saturated carbocycles. The largest absolute Gasteiger partial charge is 0.465 e. The molecular weight excluding hydrogens is 318 g/mol. The van der Waals surface area contributed by atoms with Gasteiger partial charge in [-0.05, 0) is 37.5 Å². The average Bonchev–Trinajstić information content (AvgIpc) is 2.58. The Bertz CT molecular complexity index is 551. The molecular formula is C20H29NO4. The summed E-state index contributed by atoms with van der Waals surface area (Å²) >= 11 is 0. The zero-order chi connectivity index (χ0) is 18.5. The summed E-state index contributed by atoms with van der Waals surface area (Å²) in [6.07, 6.45) is 6.26. The van der Waals surface area contributed by atoms with Gasteiger partial charge in [-0.25, -0.2) is 4.79 Å². The number of carbonyl (C=O) groups excluding carboxylic acids is 2. The molecule has 5 heteroatoms. The highest BCUT2D eigenvalue weighted by Gasteiger charge is 2.05. The fourth-order valence-corrected chi connectivity index (χ4v) is 2.24. The second kappa shape index (κ2) is 12.1. The SMILES string of the molecule is C=C(C)C(=O)OCCCCCCCCOC(=O)Cc1ccc(N)cc1. The van der Waals surface area contributed by atoms with Crippen molar-refractivity contribution >= 4 is 17.6 Å². The van der Waals surface area contributed by atoms with Crippen LogP contribution in [0.3, 0.4) is 0 Å². The number of ether oxygens (including phenoxy) is 2. The van der Waals surface area contributed by atoms with Crippen LogP contribution in [-0.2, 0) is 25.5 Å². The van der Waals surface area contributed by atoms with Gasteiger partial charge < -0.3 is 15.2 Å². The first-order valence-corrected chi connectivity index (χ1v) is 8.81. The van der Waals surface area contributed by atoms with Crippen LogP contribution in [-0.4, -0.2) is 25.2 Å². The Morgan fingerprint density at radius 2 is 1.44 bits per heavy atom. The molecule has 0 aliphatic heterocycles. The molecule has 0 bridgehead atoms. The first-order chi connectivity index (χ1) is 12.0. The Morgan fingerprint density at radius 3 is 2.00 bits per heavy atom. The molecule has 0 fully saturated rings. The van der Waals surface area contributed by atoms with Crippen LogP contribution in [0.15, 0.2) is 36.4 Å². The van der Waals surface area contributed by atoms with Crippen molar-refractivity contribution in [2.75, 3.05) is 18.9 Å². The van der Waals surface area contributed by atoms with Crippen LogP contribution >= 0.6 is 0 Å². The maximum absolute atomic E-state index is 11.7. The van der Waals surface area contributed by atoms with E-state index in [1.807, 2.05) is 12.1 Å². The summed E-state index contributed by atoms with van der Waals surface area (Å²) in [5, 5.41) is 0. The van der Waals surface area contributed by atoms with E-state index in [4.69, 9.17) is 15.2 Å². The normalized spacial score (nSPS) is 10.3. The van der Waals surface area contributed by atoms with E-state index in [1.54, 1.807) is 19.1 Å². The second-order valence-electron chi connectivity index (χ2n) is 6.18. The Morgan fingerprint density at radius 1 is 0.920 bits per heavy atom. The summed E-state index contributed by atoms with van der Waals surface area (Å²) in [6.45, 7) is 6.09. The zero-order valence-electron chi connectivity index (χ0n) is 15.1. The molecule has 0 heterocycles. The first kappa shape index (κ1) is 20.7. The average molecular weight is 347 g/mol. The van der Waals surface area contributed by atoms with Gasteiger partial charge in [-0.1, -0.05) is 44.4 Å². The maximum atomic E-state index is 11.7. The fraction of sp³-hybridized carbons (Fsp3) is 0.500. The summed E-state index contributed by atoms with van der Waals surface area (Å²) in [5.41, 5.74) is 7.64. The molecule has 0 atom stereocenters. The molecule has 1 rings (SSSR count). The number of esters is 2. The predicted molar refractivity (Wildman–Crippen MR) is 99.0 cm³/mol. The minimum atomic E-state index is -0.319.